The van der Waals surface area contributed by atoms with Gasteiger partial charge >= 0.3 is 6.03 Å². The molecule has 1 saturated heterocycles. The molecule has 4 aromatic rings. The van der Waals surface area contributed by atoms with E-state index in [4.69, 9.17) is 14.5 Å². The number of carbonyl (C=O) groups excluding carboxylic acids is 1. The largest absolute Gasteiger partial charge is 0.496 e. The number of likely N-dealkylation sites (tertiary alicyclic amines) is 1. The molecule has 1 fully saturated rings. The van der Waals surface area contributed by atoms with Crippen molar-refractivity contribution >= 4 is 22.6 Å². The monoisotopic (exact) mass is 496 g/mol. The van der Waals surface area contributed by atoms with Crippen LogP contribution in [0.5, 0.6) is 5.75 Å². The Bertz CT molecular complexity index is 1350. The summed E-state index contributed by atoms with van der Waals surface area (Å²) in [6.07, 6.45) is 0. The average Bonchev–Trinajstić information content (AvgIpc) is 3.34. The van der Waals surface area contributed by atoms with Crippen molar-refractivity contribution in [3.05, 3.63) is 90.5 Å². The summed E-state index contributed by atoms with van der Waals surface area (Å²) >= 11 is 0. The number of rotatable bonds is 8. The van der Waals surface area contributed by atoms with E-state index >= 15 is 0 Å². The number of pyridine rings is 1. The fraction of sp³-hybridized carbons (Fsp3) is 0.267. The third-order valence-electron chi connectivity index (χ3n) is 6.89. The summed E-state index contributed by atoms with van der Waals surface area (Å²) in [6.45, 7) is 3.10. The number of methoxy groups -OCH3 is 2. The second kappa shape index (κ2) is 11.4. The van der Waals surface area contributed by atoms with Crippen LogP contribution in [-0.4, -0.2) is 62.4 Å². The fourth-order valence-corrected chi connectivity index (χ4v) is 5.06. The Morgan fingerprint density at radius 3 is 2.46 bits per heavy atom. The van der Waals surface area contributed by atoms with E-state index in [2.05, 4.69) is 27.7 Å². The number of nitrogens with one attached hydrogen (secondary N) is 2. The highest BCUT2D eigenvalue weighted by Crippen LogP contribution is 2.34. The molecule has 0 bridgehead atoms. The van der Waals surface area contributed by atoms with Gasteiger partial charge in [-0.15, -0.1) is 0 Å². The zero-order valence-corrected chi connectivity index (χ0v) is 21.2. The van der Waals surface area contributed by atoms with Gasteiger partial charge in [0.2, 0.25) is 0 Å². The first kappa shape index (κ1) is 24.7. The third kappa shape index (κ3) is 5.58. The summed E-state index contributed by atoms with van der Waals surface area (Å²) in [5.74, 6) is 0.897. The number of urea groups is 1. The molecule has 0 saturated carbocycles. The molecule has 0 radical (unpaired) electrons. The Morgan fingerprint density at radius 2 is 1.73 bits per heavy atom. The number of hydrogen-bond acceptors (Lipinski definition) is 5. The van der Waals surface area contributed by atoms with Crippen LogP contribution in [0.4, 0.5) is 10.5 Å². The summed E-state index contributed by atoms with van der Waals surface area (Å²) in [6, 6.07) is 27.7. The Kier molecular flexibility index (Phi) is 7.63. The second-order valence-electron chi connectivity index (χ2n) is 9.25. The maximum atomic E-state index is 13.4. The Labute approximate surface area is 217 Å². The zero-order valence-electron chi connectivity index (χ0n) is 21.2. The number of anilines is 1. The van der Waals surface area contributed by atoms with E-state index in [0.717, 1.165) is 36.1 Å². The van der Waals surface area contributed by atoms with E-state index in [9.17, 15) is 4.79 Å². The van der Waals surface area contributed by atoms with Crippen LogP contribution in [0.3, 0.4) is 0 Å². The molecule has 2 heterocycles. The lowest BCUT2D eigenvalue weighted by Gasteiger charge is -2.21. The quantitative estimate of drug-likeness (QED) is 0.353. The minimum Gasteiger partial charge on any atom is -0.496 e. The zero-order chi connectivity index (χ0) is 25.6. The van der Waals surface area contributed by atoms with Crippen molar-refractivity contribution in [3.8, 4) is 17.0 Å². The Hall–Kier alpha value is -3.94. The van der Waals surface area contributed by atoms with Gasteiger partial charge in [0.25, 0.3) is 0 Å². The van der Waals surface area contributed by atoms with Crippen LogP contribution in [0.2, 0.25) is 0 Å². The third-order valence-corrected chi connectivity index (χ3v) is 6.89. The molecule has 1 aromatic heterocycles. The van der Waals surface area contributed by atoms with Gasteiger partial charge in [-0.25, -0.2) is 9.78 Å². The van der Waals surface area contributed by atoms with Crippen LogP contribution in [0.1, 0.15) is 11.5 Å². The number of nitrogens with zero attached hydrogens (tertiary/aromatic N) is 2. The highest BCUT2D eigenvalue weighted by molar-refractivity contribution is 5.99. The molecule has 1 aliphatic heterocycles. The van der Waals surface area contributed by atoms with E-state index < -0.39 is 0 Å². The van der Waals surface area contributed by atoms with Gasteiger partial charge in [-0.1, -0.05) is 66.7 Å². The first-order chi connectivity index (χ1) is 18.2. The molecule has 37 heavy (non-hydrogen) atoms. The highest BCUT2D eigenvalue weighted by atomic mass is 16.5. The van der Waals surface area contributed by atoms with Crippen molar-refractivity contribution in [2.75, 3.05) is 45.8 Å². The van der Waals surface area contributed by atoms with E-state index in [-0.39, 0.29) is 18.0 Å². The van der Waals surface area contributed by atoms with Crippen molar-refractivity contribution in [3.63, 3.8) is 0 Å². The van der Waals surface area contributed by atoms with Crippen LogP contribution >= 0.6 is 0 Å². The SMILES string of the molecule is COCCN1C[C@@H](NC(=O)Nc2cc3c(OC)cccc3nc2-c2ccccc2)[C@H](c2ccccc2)C1. The Morgan fingerprint density at radius 1 is 0.973 bits per heavy atom. The maximum Gasteiger partial charge on any atom is 0.319 e. The lowest BCUT2D eigenvalue weighted by molar-refractivity contribution is 0.159. The van der Waals surface area contributed by atoms with Gasteiger partial charge in [-0.2, -0.15) is 0 Å². The molecule has 1 aliphatic rings. The summed E-state index contributed by atoms with van der Waals surface area (Å²) in [5, 5.41) is 7.19. The molecule has 2 amide bonds. The van der Waals surface area contributed by atoms with Gasteiger partial charge in [0, 0.05) is 43.6 Å². The molecular formula is C30H32N4O3. The maximum absolute atomic E-state index is 13.4. The van der Waals surface area contributed by atoms with E-state index in [1.165, 1.54) is 5.56 Å². The van der Waals surface area contributed by atoms with Crippen molar-refractivity contribution < 1.29 is 14.3 Å². The number of aromatic nitrogens is 1. The molecular weight excluding hydrogens is 464 g/mol. The van der Waals surface area contributed by atoms with Gasteiger partial charge < -0.3 is 20.1 Å². The second-order valence-corrected chi connectivity index (χ2v) is 9.25. The summed E-state index contributed by atoms with van der Waals surface area (Å²) in [7, 11) is 3.35. The minimum absolute atomic E-state index is 0.0395. The lowest BCUT2D eigenvalue weighted by atomic mass is 9.94. The van der Waals surface area contributed by atoms with Crippen LogP contribution in [0.15, 0.2) is 84.9 Å². The number of ether oxygens (including phenoxy) is 2. The van der Waals surface area contributed by atoms with Crippen molar-refractivity contribution in [1.29, 1.82) is 0 Å². The van der Waals surface area contributed by atoms with Gasteiger partial charge in [0.05, 0.1) is 36.7 Å². The van der Waals surface area contributed by atoms with Crippen molar-refractivity contribution in [1.82, 2.24) is 15.2 Å². The molecule has 5 rings (SSSR count). The molecule has 2 atom stereocenters. The average molecular weight is 497 g/mol. The molecule has 3 aromatic carbocycles. The fourth-order valence-electron chi connectivity index (χ4n) is 5.06. The number of carbonyl (C=O) groups is 1. The smallest absolute Gasteiger partial charge is 0.319 e. The molecule has 0 unspecified atom stereocenters. The first-order valence-electron chi connectivity index (χ1n) is 12.5. The first-order valence-corrected chi connectivity index (χ1v) is 12.5. The normalized spacial score (nSPS) is 17.6. The van der Waals surface area contributed by atoms with Crippen LogP contribution < -0.4 is 15.4 Å². The predicted molar refractivity (Wildman–Crippen MR) is 147 cm³/mol. The summed E-state index contributed by atoms with van der Waals surface area (Å²) < 4.78 is 10.9. The molecule has 2 N–H and O–H groups in total. The lowest BCUT2D eigenvalue weighted by Crippen LogP contribution is -2.42. The number of hydrogen-bond donors (Lipinski definition) is 2. The topological polar surface area (TPSA) is 75.7 Å². The van der Waals surface area contributed by atoms with E-state index in [1.807, 2.05) is 72.8 Å². The molecule has 0 aliphatic carbocycles. The van der Waals surface area contributed by atoms with Crippen LogP contribution in [-0.2, 0) is 4.74 Å². The predicted octanol–water partition coefficient (Wildman–Crippen LogP) is 5.15. The number of amides is 2. The van der Waals surface area contributed by atoms with Crippen molar-refractivity contribution in [2.45, 2.75) is 12.0 Å². The minimum atomic E-state index is -0.257. The molecule has 7 heteroatoms. The van der Waals surface area contributed by atoms with Gasteiger partial charge in [0.1, 0.15) is 5.75 Å². The summed E-state index contributed by atoms with van der Waals surface area (Å²) in [4.78, 5) is 20.7. The summed E-state index contributed by atoms with van der Waals surface area (Å²) in [5.41, 5.74) is 4.29. The van der Waals surface area contributed by atoms with E-state index in [0.29, 0.717) is 23.7 Å². The molecule has 190 valence electrons. The van der Waals surface area contributed by atoms with Crippen molar-refractivity contribution in [2.24, 2.45) is 0 Å². The molecule has 7 nitrogen and oxygen atoms in total. The van der Waals surface area contributed by atoms with Gasteiger partial charge in [-0.3, -0.25) is 4.90 Å². The van der Waals surface area contributed by atoms with Gasteiger partial charge in [0.15, 0.2) is 0 Å². The standard InChI is InChI=1S/C30H32N4O3/c1-36-17-16-34-19-24(21-10-5-3-6-11-21)27(20-34)33-30(35)32-26-18-23-25(14-9-15-28(23)37-2)31-29(26)22-12-7-4-8-13-22/h3-15,18,24,27H,16-17,19-20H2,1-2H3,(H2,32,33,35)/t24-,27+/m0/s1. The highest BCUT2D eigenvalue weighted by Gasteiger charge is 2.34. The number of fused-ring (bicyclic) bond motifs is 1. The van der Waals surface area contributed by atoms with Gasteiger partial charge in [-0.05, 0) is 23.8 Å². The number of benzene rings is 3. The van der Waals surface area contributed by atoms with Crippen LogP contribution in [0.25, 0.3) is 22.2 Å². The Balaban J connectivity index is 1.43. The van der Waals surface area contributed by atoms with E-state index in [1.54, 1.807) is 14.2 Å². The van der Waals surface area contributed by atoms with Crippen LogP contribution in [0, 0.1) is 0 Å². The molecule has 0 spiro atoms.